The summed E-state index contributed by atoms with van der Waals surface area (Å²) in [6, 6.07) is 14.2. The summed E-state index contributed by atoms with van der Waals surface area (Å²) in [5, 5.41) is 5.29. The number of hydrogen-bond acceptors (Lipinski definition) is 4. The lowest BCUT2D eigenvalue weighted by molar-refractivity contribution is -0.138. The van der Waals surface area contributed by atoms with Gasteiger partial charge in [0.15, 0.2) is 0 Å². The number of likely N-dealkylation sites (N-methyl/N-ethyl adjacent to an activating group) is 1. The minimum absolute atomic E-state index is 0.0272. The first-order valence-electron chi connectivity index (χ1n) is 10.3. The Morgan fingerprint density at radius 3 is 2.87 bits per heavy atom. The number of carbonyl (C=O) groups excluding carboxylic acids is 2. The second kappa shape index (κ2) is 9.09. The van der Waals surface area contributed by atoms with Gasteiger partial charge in [-0.15, -0.1) is 0 Å². The van der Waals surface area contributed by atoms with Gasteiger partial charge >= 0.3 is 0 Å². The van der Waals surface area contributed by atoms with Crippen molar-refractivity contribution in [1.29, 1.82) is 0 Å². The molecule has 30 heavy (non-hydrogen) atoms. The lowest BCUT2D eigenvalue weighted by Gasteiger charge is -2.35. The third-order valence-electron chi connectivity index (χ3n) is 5.69. The molecule has 1 aromatic heterocycles. The molecule has 0 bridgehead atoms. The van der Waals surface area contributed by atoms with E-state index in [-0.39, 0.29) is 18.2 Å². The molecule has 156 valence electrons. The smallest absolute Gasteiger partial charge is 0.237 e. The number of rotatable bonds is 7. The van der Waals surface area contributed by atoms with E-state index >= 15 is 0 Å². The fraction of sp³-hybridized carbons (Fsp3) is 0.348. The minimum atomic E-state index is -0.451. The van der Waals surface area contributed by atoms with Gasteiger partial charge in [0.25, 0.3) is 0 Å². The molecule has 7 heteroatoms. The topological polar surface area (TPSA) is 70.5 Å². The fourth-order valence-corrected chi connectivity index (χ4v) is 3.88. The molecular weight excluding hydrogens is 378 g/mol. The minimum Gasteiger partial charge on any atom is -0.353 e. The van der Waals surface area contributed by atoms with Crippen molar-refractivity contribution >= 4 is 22.6 Å². The molecule has 1 atom stereocenters. The number of piperazine rings is 1. The fourth-order valence-electron chi connectivity index (χ4n) is 3.88. The molecule has 4 rings (SSSR count). The monoisotopic (exact) mass is 405 g/mol. The predicted octanol–water partition coefficient (Wildman–Crippen LogP) is 1.89. The first kappa shape index (κ1) is 20.1. The predicted molar refractivity (Wildman–Crippen MR) is 116 cm³/mol. The van der Waals surface area contributed by atoms with E-state index in [9.17, 15) is 9.59 Å². The Balaban J connectivity index is 1.41. The van der Waals surface area contributed by atoms with Crippen LogP contribution in [0.2, 0.25) is 0 Å². The summed E-state index contributed by atoms with van der Waals surface area (Å²) in [5.41, 5.74) is 1.15. The molecule has 0 aliphatic carbocycles. The molecule has 1 aliphatic heterocycles. The number of amides is 2. The molecule has 2 aromatic carbocycles. The zero-order valence-electron chi connectivity index (χ0n) is 17.2. The number of hydrogen-bond donors (Lipinski definition) is 1. The molecule has 7 nitrogen and oxygen atoms in total. The highest BCUT2D eigenvalue weighted by Gasteiger charge is 2.32. The summed E-state index contributed by atoms with van der Waals surface area (Å²) >= 11 is 0. The average molecular weight is 406 g/mol. The van der Waals surface area contributed by atoms with Crippen molar-refractivity contribution in [1.82, 2.24) is 24.7 Å². The van der Waals surface area contributed by atoms with Crippen LogP contribution in [0.5, 0.6) is 0 Å². The van der Waals surface area contributed by atoms with Crippen LogP contribution in [0.15, 0.2) is 61.2 Å². The zero-order valence-corrected chi connectivity index (χ0v) is 17.2. The van der Waals surface area contributed by atoms with Crippen LogP contribution in [0.1, 0.15) is 12.0 Å². The number of nitrogens with one attached hydrogen (secondary N) is 1. The van der Waals surface area contributed by atoms with E-state index in [4.69, 9.17) is 0 Å². The summed E-state index contributed by atoms with van der Waals surface area (Å²) in [4.78, 5) is 33.2. The van der Waals surface area contributed by atoms with Crippen LogP contribution < -0.4 is 5.32 Å². The van der Waals surface area contributed by atoms with Crippen LogP contribution in [-0.2, 0) is 22.7 Å². The lowest BCUT2D eigenvalue weighted by Crippen LogP contribution is -2.56. The van der Waals surface area contributed by atoms with Crippen molar-refractivity contribution in [3.8, 4) is 0 Å². The molecular formula is C23H27N5O2. The van der Waals surface area contributed by atoms with E-state index in [1.807, 2.05) is 22.9 Å². The zero-order chi connectivity index (χ0) is 20.9. The van der Waals surface area contributed by atoms with Crippen LogP contribution in [-0.4, -0.2) is 63.9 Å². The average Bonchev–Trinajstić information content (AvgIpc) is 3.28. The normalized spacial score (nSPS) is 17.1. The van der Waals surface area contributed by atoms with E-state index in [0.717, 1.165) is 12.1 Å². The Kier molecular flexibility index (Phi) is 6.09. The summed E-state index contributed by atoms with van der Waals surface area (Å²) in [6.07, 6.45) is 5.51. The van der Waals surface area contributed by atoms with Crippen molar-refractivity contribution in [3.63, 3.8) is 0 Å². The van der Waals surface area contributed by atoms with Crippen LogP contribution in [0.4, 0.5) is 0 Å². The third kappa shape index (κ3) is 4.68. The van der Waals surface area contributed by atoms with Crippen LogP contribution in [0, 0.1) is 0 Å². The molecule has 1 fully saturated rings. The number of imidazole rings is 1. The summed E-state index contributed by atoms with van der Waals surface area (Å²) in [6.45, 7) is 3.24. The van der Waals surface area contributed by atoms with Gasteiger partial charge in [-0.2, -0.15) is 0 Å². The molecule has 0 saturated carbocycles. The summed E-state index contributed by atoms with van der Waals surface area (Å²) in [5.74, 6) is -0.0981. The molecule has 1 N–H and O–H groups in total. The van der Waals surface area contributed by atoms with Crippen molar-refractivity contribution in [2.75, 3.05) is 26.7 Å². The van der Waals surface area contributed by atoms with Gasteiger partial charge in [0.2, 0.25) is 11.8 Å². The maximum Gasteiger partial charge on any atom is 0.237 e. The van der Waals surface area contributed by atoms with Crippen LogP contribution in [0.3, 0.4) is 0 Å². The molecule has 3 aromatic rings. The third-order valence-corrected chi connectivity index (χ3v) is 5.69. The molecule has 1 unspecified atom stereocenters. The molecule has 1 aliphatic rings. The SMILES string of the molecule is CN(CCn1ccnc1)C(=O)CC1C(=O)NCCN1Cc1ccc2ccccc2c1. The molecule has 1 saturated heterocycles. The van der Waals surface area contributed by atoms with E-state index in [1.54, 1.807) is 24.5 Å². The van der Waals surface area contributed by atoms with Gasteiger partial charge in [0.1, 0.15) is 0 Å². The van der Waals surface area contributed by atoms with E-state index in [0.29, 0.717) is 26.2 Å². The van der Waals surface area contributed by atoms with Gasteiger partial charge in [-0.05, 0) is 22.4 Å². The Morgan fingerprint density at radius 1 is 1.23 bits per heavy atom. The highest BCUT2D eigenvalue weighted by molar-refractivity contribution is 5.89. The Hall–Kier alpha value is -3.19. The molecule has 0 radical (unpaired) electrons. The maximum atomic E-state index is 12.8. The second-order valence-electron chi connectivity index (χ2n) is 7.78. The van der Waals surface area contributed by atoms with Crippen molar-refractivity contribution < 1.29 is 9.59 Å². The largest absolute Gasteiger partial charge is 0.353 e. The lowest BCUT2D eigenvalue weighted by atomic mass is 10.0. The van der Waals surface area contributed by atoms with E-state index < -0.39 is 6.04 Å². The summed E-state index contributed by atoms with van der Waals surface area (Å²) in [7, 11) is 1.79. The van der Waals surface area contributed by atoms with Crippen LogP contribution in [0.25, 0.3) is 10.8 Å². The van der Waals surface area contributed by atoms with Gasteiger partial charge < -0.3 is 14.8 Å². The molecule has 2 heterocycles. The quantitative estimate of drug-likeness (QED) is 0.652. The van der Waals surface area contributed by atoms with Crippen molar-refractivity contribution in [3.05, 3.63) is 66.7 Å². The van der Waals surface area contributed by atoms with Crippen LogP contribution >= 0.6 is 0 Å². The van der Waals surface area contributed by atoms with E-state index in [1.165, 1.54) is 10.8 Å². The molecule has 0 spiro atoms. The number of nitrogens with zero attached hydrogens (tertiary/aromatic N) is 4. The number of benzene rings is 2. The van der Waals surface area contributed by atoms with Gasteiger partial charge in [-0.3, -0.25) is 14.5 Å². The Morgan fingerprint density at radius 2 is 2.07 bits per heavy atom. The van der Waals surface area contributed by atoms with Gasteiger partial charge in [-0.25, -0.2) is 4.98 Å². The Labute approximate surface area is 176 Å². The van der Waals surface area contributed by atoms with Gasteiger partial charge in [0, 0.05) is 52.2 Å². The first-order valence-corrected chi connectivity index (χ1v) is 10.3. The highest BCUT2D eigenvalue weighted by atomic mass is 16.2. The second-order valence-corrected chi connectivity index (χ2v) is 7.78. The number of aromatic nitrogens is 2. The van der Waals surface area contributed by atoms with Gasteiger partial charge in [0.05, 0.1) is 18.8 Å². The Bertz CT molecular complexity index is 1020. The first-order chi connectivity index (χ1) is 14.6. The van der Waals surface area contributed by atoms with E-state index in [2.05, 4.69) is 45.5 Å². The standard InChI is InChI=1S/C23H27N5O2/c1-26(12-13-27-10-8-24-17-27)22(29)15-21-23(30)25-9-11-28(21)16-18-6-7-19-4-2-3-5-20(19)14-18/h2-8,10,14,17,21H,9,11-13,15-16H2,1H3,(H,25,30). The molecule has 2 amide bonds. The number of fused-ring (bicyclic) bond motifs is 1. The summed E-state index contributed by atoms with van der Waals surface area (Å²) < 4.78 is 1.93. The number of carbonyl (C=O) groups is 2. The van der Waals surface area contributed by atoms with Crippen molar-refractivity contribution in [2.24, 2.45) is 0 Å². The maximum absolute atomic E-state index is 12.8. The van der Waals surface area contributed by atoms with Crippen molar-refractivity contribution in [2.45, 2.75) is 25.6 Å². The van der Waals surface area contributed by atoms with Gasteiger partial charge in [-0.1, -0.05) is 36.4 Å². The highest BCUT2D eigenvalue weighted by Crippen LogP contribution is 2.19.